The van der Waals surface area contributed by atoms with E-state index in [1.807, 2.05) is 42.5 Å². The number of thiol groups is 1. The van der Waals surface area contributed by atoms with Gasteiger partial charge in [-0.15, -0.1) is 22.8 Å². The first-order chi connectivity index (χ1) is 17.7. The van der Waals surface area contributed by atoms with Crippen LogP contribution in [0.5, 0.6) is 0 Å². The maximum atomic E-state index is 12.8. The molecule has 3 aromatic carbocycles. The average Bonchev–Trinajstić information content (AvgIpc) is 3.23. The average molecular weight is 551 g/mol. The predicted octanol–water partition coefficient (Wildman–Crippen LogP) is 5.33. The Bertz CT molecular complexity index is 1680. The Labute approximate surface area is 229 Å². The van der Waals surface area contributed by atoms with Crippen LogP contribution >= 0.6 is 35.8 Å². The lowest BCUT2D eigenvalue weighted by Crippen LogP contribution is -2.32. The normalized spacial score (nSPS) is 13.1. The molecule has 0 fully saturated rings. The first kappa shape index (κ1) is 25.5. The molecule has 1 unspecified atom stereocenters. The van der Waals surface area contributed by atoms with Crippen LogP contribution in [0.2, 0.25) is 10.0 Å². The van der Waals surface area contributed by atoms with Gasteiger partial charge in [-0.1, -0.05) is 53.5 Å². The van der Waals surface area contributed by atoms with E-state index in [2.05, 4.69) is 22.8 Å². The zero-order valence-corrected chi connectivity index (χ0v) is 22.6. The van der Waals surface area contributed by atoms with E-state index in [0.29, 0.717) is 45.0 Å². The number of aliphatic hydroxyl groups is 1. The summed E-state index contributed by atoms with van der Waals surface area (Å²) in [5.41, 5.74) is 2.13. The van der Waals surface area contributed by atoms with Crippen LogP contribution in [0, 0.1) is 0 Å². The Morgan fingerprint density at radius 3 is 2.27 bits per heavy atom. The van der Waals surface area contributed by atoms with Gasteiger partial charge >= 0.3 is 0 Å². The van der Waals surface area contributed by atoms with Gasteiger partial charge < -0.3 is 14.2 Å². The quantitative estimate of drug-likeness (QED) is 0.280. The molecule has 188 valence electrons. The van der Waals surface area contributed by atoms with E-state index < -0.39 is 5.60 Å². The second-order valence-electron chi connectivity index (χ2n) is 9.03. The molecule has 0 saturated heterocycles. The number of hydrogen-bond donors (Lipinski definition) is 2. The molecule has 37 heavy (non-hydrogen) atoms. The van der Waals surface area contributed by atoms with E-state index in [9.17, 15) is 9.90 Å². The molecule has 0 amide bonds. The minimum atomic E-state index is -1.65. The van der Waals surface area contributed by atoms with E-state index in [1.165, 1.54) is 0 Å². The smallest absolute Gasteiger partial charge is 0.251 e. The fraction of sp³-hybridized carbons (Fsp3) is 0.179. The molecule has 5 rings (SSSR count). The van der Waals surface area contributed by atoms with Crippen molar-refractivity contribution in [2.75, 3.05) is 0 Å². The predicted molar refractivity (Wildman–Crippen MR) is 150 cm³/mol. The molecule has 5 aromatic rings. The molecule has 2 heterocycles. The van der Waals surface area contributed by atoms with Crippen molar-refractivity contribution in [2.45, 2.75) is 23.6 Å². The Balaban J connectivity index is 1.70. The number of benzene rings is 3. The van der Waals surface area contributed by atoms with Crippen molar-refractivity contribution in [3.63, 3.8) is 0 Å². The van der Waals surface area contributed by atoms with Gasteiger partial charge in [-0.25, -0.2) is 0 Å². The third-order valence-corrected chi connectivity index (χ3v) is 7.64. The second kappa shape index (κ2) is 9.99. The van der Waals surface area contributed by atoms with Gasteiger partial charge in [-0.3, -0.25) is 4.79 Å². The number of rotatable bonds is 6. The molecule has 0 aliphatic rings. The van der Waals surface area contributed by atoms with Gasteiger partial charge in [0.25, 0.3) is 5.56 Å². The van der Waals surface area contributed by atoms with Gasteiger partial charge in [-0.05, 0) is 71.5 Å². The number of nitrogens with zero attached hydrogens (tertiary/aromatic N) is 4. The molecule has 1 atom stereocenters. The first-order valence-electron chi connectivity index (χ1n) is 11.6. The molecule has 0 aliphatic carbocycles. The molecule has 1 N–H and O–H groups in total. The minimum Gasteiger partial charge on any atom is -0.373 e. The third kappa shape index (κ3) is 4.68. The van der Waals surface area contributed by atoms with E-state index >= 15 is 0 Å². The summed E-state index contributed by atoms with van der Waals surface area (Å²) in [5.74, 6) is 0.310. The van der Waals surface area contributed by atoms with Crippen molar-refractivity contribution in [2.24, 2.45) is 14.1 Å². The molecule has 2 aromatic heterocycles. The molecule has 0 radical (unpaired) electrons. The lowest BCUT2D eigenvalue weighted by molar-refractivity contribution is 0.111. The fourth-order valence-electron chi connectivity index (χ4n) is 4.68. The summed E-state index contributed by atoms with van der Waals surface area (Å²) in [4.78, 5) is 12.8. The largest absolute Gasteiger partial charge is 0.373 e. The van der Waals surface area contributed by atoms with E-state index in [1.54, 1.807) is 53.6 Å². The standard InChI is InChI=1S/C28H24Cl2N4O2S/c1-33-24-13-10-20(16-23(24)18(15-25(33)35)7-6-17-4-3-5-22(30)14-17)28(36,19-8-11-21(29)12-9-19)26-31-32-27(37)34(26)2/h3-5,8-16,36H,6-7H2,1-2H3,(H,32,37). The Morgan fingerprint density at radius 1 is 0.865 bits per heavy atom. The Kier molecular flexibility index (Phi) is 6.89. The summed E-state index contributed by atoms with van der Waals surface area (Å²) in [7, 11) is 3.49. The van der Waals surface area contributed by atoms with E-state index in [0.717, 1.165) is 22.0 Å². The highest BCUT2D eigenvalue weighted by molar-refractivity contribution is 7.80. The summed E-state index contributed by atoms with van der Waals surface area (Å²) < 4.78 is 3.25. The van der Waals surface area contributed by atoms with Crippen molar-refractivity contribution in [1.29, 1.82) is 0 Å². The zero-order chi connectivity index (χ0) is 26.3. The van der Waals surface area contributed by atoms with Gasteiger partial charge in [0.05, 0.1) is 5.52 Å². The highest BCUT2D eigenvalue weighted by Crippen LogP contribution is 2.38. The number of hydrogen-bond acceptors (Lipinski definition) is 5. The number of aryl methyl sites for hydroxylation is 3. The summed E-state index contributed by atoms with van der Waals surface area (Å²) in [6.45, 7) is 0. The van der Waals surface area contributed by atoms with E-state index in [4.69, 9.17) is 23.2 Å². The van der Waals surface area contributed by atoms with Crippen molar-refractivity contribution in [1.82, 2.24) is 19.3 Å². The summed E-state index contributed by atoms with van der Waals surface area (Å²) in [6, 6.07) is 21.9. The number of fused-ring (bicyclic) bond motifs is 1. The van der Waals surface area contributed by atoms with Crippen molar-refractivity contribution >= 4 is 46.7 Å². The summed E-state index contributed by atoms with van der Waals surface area (Å²) in [6.07, 6.45) is 1.33. The maximum absolute atomic E-state index is 12.8. The highest BCUT2D eigenvalue weighted by atomic mass is 35.5. The number of pyridine rings is 1. The van der Waals surface area contributed by atoms with Gasteiger partial charge in [-0.2, -0.15) is 0 Å². The molecule has 0 aliphatic heterocycles. The summed E-state index contributed by atoms with van der Waals surface area (Å²) in [5, 5.41) is 23.1. The molecule has 0 bridgehead atoms. The molecule has 6 nitrogen and oxygen atoms in total. The monoisotopic (exact) mass is 550 g/mol. The van der Waals surface area contributed by atoms with Crippen LogP contribution in [-0.4, -0.2) is 24.4 Å². The minimum absolute atomic E-state index is 0.0951. The second-order valence-corrected chi connectivity index (χ2v) is 10.3. The Morgan fingerprint density at radius 2 is 1.59 bits per heavy atom. The highest BCUT2D eigenvalue weighted by Gasteiger charge is 2.39. The zero-order valence-electron chi connectivity index (χ0n) is 20.2. The molecular weight excluding hydrogens is 527 g/mol. The third-order valence-electron chi connectivity index (χ3n) is 6.76. The van der Waals surface area contributed by atoms with Crippen LogP contribution in [0.4, 0.5) is 0 Å². The Hall–Kier alpha value is -3.10. The number of halogens is 2. The SMILES string of the molecule is Cn1c(S)nnc1C(O)(c1ccc(Cl)cc1)c1ccc2c(c1)c(CCc1cccc(Cl)c1)cc(=O)n2C. The number of aromatic nitrogens is 4. The van der Waals surface area contributed by atoms with Crippen LogP contribution in [0.25, 0.3) is 10.9 Å². The summed E-state index contributed by atoms with van der Waals surface area (Å²) >= 11 is 16.7. The van der Waals surface area contributed by atoms with Crippen molar-refractivity contribution < 1.29 is 5.11 Å². The van der Waals surface area contributed by atoms with Crippen LogP contribution in [0.3, 0.4) is 0 Å². The molecule has 9 heteroatoms. The van der Waals surface area contributed by atoms with Crippen molar-refractivity contribution in [3.8, 4) is 0 Å². The van der Waals surface area contributed by atoms with Crippen LogP contribution < -0.4 is 5.56 Å². The lowest BCUT2D eigenvalue weighted by atomic mass is 9.84. The first-order valence-corrected chi connectivity index (χ1v) is 12.8. The molecular formula is C28H24Cl2N4O2S. The fourth-order valence-corrected chi connectivity index (χ4v) is 5.16. The van der Waals surface area contributed by atoms with Gasteiger partial charge in [0.15, 0.2) is 16.6 Å². The van der Waals surface area contributed by atoms with Gasteiger partial charge in [0, 0.05) is 35.6 Å². The van der Waals surface area contributed by atoms with Gasteiger partial charge in [0.1, 0.15) is 0 Å². The molecule has 0 spiro atoms. The maximum Gasteiger partial charge on any atom is 0.251 e. The van der Waals surface area contributed by atoms with Crippen LogP contribution in [0.15, 0.2) is 82.7 Å². The van der Waals surface area contributed by atoms with E-state index in [-0.39, 0.29) is 5.56 Å². The van der Waals surface area contributed by atoms with Crippen LogP contribution in [-0.2, 0) is 32.5 Å². The molecule has 0 saturated carbocycles. The van der Waals surface area contributed by atoms with Gasteiger partial charge in [0.2, 0.25) is 0 Å². The van der Waals surface area contributed by atoms with Crippen molar-refractivity contribution in [3.05, 3.63) is 121 Å². The lowest BCUT2D eigenvalue weighted by Gasteiger charge is -2.29. The topological polar surface area (TPSA) is 72.9 Å². The van der Waals surface area contributed by atoms with Crippen LogP contribution in [0.1, 0.15) is 28.1 Å².